The summed E-state index contributed by atoms with van der Waals surface area (Å²) in [4.78, 5) is 38.6. The minimum Gasteiger partial charge on any atom is -0.496 e. The van der Waals surface area contributed by atoms with Crippen LogP contribution < -0.4 is 10.1 Å². The maximum Gasteiger partial charge on any atom is 0.341 e. The van der Waals surface area contributed by atoms with Crippen LogP contribution in [0.2, 0.25) is 0 Å². The third kappa shape index (κ3) is 6.29. The Balaban J connectivity index is 1.69. The second-order valence-electron chi connectivity index (χ2n) is 8.25. The first-order valence-corrected chi connectivity index (χ1v) is 12.4. The minimum absolute atomic E-state index is 0.0721. The van der Waals surface area contributed by atoms with Gasteiger partial charge in [0.2, 0.25) is 0 Å². The summed E-state index contributed by atoms with van der Waals surface area (Å²) >= 11 is 1.88. The Labute approximate surface area is 203 Å². The van der Waals surface area contributed by atoms with Crippen LogP contribution in [0.25, 0.3) is 0 Å². The number of alkyl halides is 1. The number of methoxy groups -OCH3 is 1. The zero-order chi connectivity index (χ0) is 24.7. The van der Waals surface area contributed by atoms with Gasteiger partial charge in [0.15, 0.2) is 6.67 Å². The number of anilines is 1. The third-order valence-corrected chi connectivity index (χ3v) is 6.96. The van der Waals surface area contributed by atoms with Crippen molar-refractivity contribution in [3.63, 3.8) is 0 Å². The molecule has 0 saturated carbocycles. The molecule has 3 rings (SSSR count). The van der Waals surface area contributed by atoms with Crippen molar-refractivity contribution < 1.29 is 33.0 Å². The number of benzene rings is 1. The number of fused-ring (bicyclic) bond motifs is 1. The molecule has 0 bridgehead atoms. The maximum atomic E-state index is 13.0. The van der Waals surface area contributed by atoms with Crippen LogP contribution in [0, 0.1) is 6.92 Å². The van der Waals surface area contributed by atoms with E-state index in [9.17, 15) is 18.8 Å². The molecule has 2 heterocycles. The lowest BCUT2D eigenvalue weighted by atomic mass is 9.93. The molecule has 2 aliphatic rings. The van der Waals surface area contributed by atoms with Gasteiger partial charge in [0.05, 0.1) is 18.4 Å². The van der Waals surface area contributed by atoms with E-state index in [1.807, 2.05) is 31.7 Å². The van der Waals surface area contributed by atoms with E-state index >= 15 is 0 Å². The molecule has 2 aliphatic heterocycles. The predicted molar refractivity (Wildman–Crippen MR) is 128 cm³/mol. The number of carbonyl (C=O) groups is 3. The van der Waals surface area contributed by atoms with Crippen molar-refractivity contribution in [2.24, 2.45) is 0 Å². The number of ether oxygens (including phenoxy) is 3. The van der Waals surface area contributed by atoms with E-state index in [1.165, 1.54) is 7.11 Å². The summed E-state index contributed by atoms with van der Waals surface area (Å²) in [6.07, 6.45) is 3.00. The van der Waals surface area contributed by atoms with Gasteiger partial charge in [0.25, 0.3) is 5.91 Å². The van der Waals surface area contributed by atoms with Crippen molar-refractivity contribution in [2.45, 2.75) is 39.7 Å². The van der Waals surface area contributed by atoms with Gasteiger partial charge in [0.1, 0.15) is 19.0 Å². The van der Waals surface area contributed by atoms with Gasteiger partial charge in [0, 0.05) is 42.3 Å². The van der Waals surface area contributed by atoms with E-state index in [1.54, 1.807) is 0 Å². The summed E-state index contributed by atoms with van der Waals surface area (Å²) in [5, 5.41) is 2.51. The first-order valence-electron chi connectivity index (χ1n) is 11.2. The molecule has 0 spiro atoms. The molecule has 1 aromatic carbocycles. The largest absolute Gasteiger partial charge is 0.496 e. The maximum absolute atomic E-state index is 13.0. The van der Waals surface area contributed by atoms with E-state index in [-0.39, 0.29) is 30.2 Å². The molecule has 0 aromatic heterocycles. The highest BCUT2D eigenvalue weighted by atomic mass is 32.2. The Morgan fingerprint density at radius 2 is 2.12 bits per heavy atom. The van der Waals surface area contributed by atoms with Crippen LogP contribution in [-0.4, -0.2) is 67.9 Å². The number of hydrogen-bond acceptors (Lipinski definition) is 8. The molecule has 1 aromatic rings. The molecule has 34 heavy (non-hydrogen) atoms. The zero-order valence-electron chi connectivity index (χ0n) is 19.8. The lowest BCUT2D eigenvalue weighted by Gasteiger charge is -2.19. The van der Waals surface area contributed by atoms with Gasteiger partial charge in [-0.3, -0.25) is 14.5 Å². The Kier molecular flexibility index (Phi) is 9.35. The second kappa shape index (κ2) is 12.2. The molecule has 1 amide bonds. The van der Waals surface area contributed by atoms with Gasteiger partial charge < -0.3 is 19.5 Å². The van der Waals surface area contributed by atoms with E-state index in [2.05, 4.69) is 10.2 Å². The van der Waals surface area contributed by atoms with Gasteiger partial charge in [-0.05, 0) is 32.3 Å². The molecular formula is C24H31FN2O6S. The number of hydrogen-bond donors (Lipinski definition) is 1. The molecule has 0 unspecified atom stereocenters. The molecule has 0 atom stereocenters. The molecule has 8 nitrogen and oxygen atoms in total. The first kappa shape index (κ1) is 26.0. The summed E-state index contributed by atoms with van der Waals surface area (Å²) in [6.45, 7) is 4.74. The molecule has 10 heteroatoms. The number of cyclic esters (lactones) is 1. The fraction of sp³-hybridized carbons (Fsp3) is 0.542. The number of carbonyl (C=O) groups excluding carboxylic acids is 3. The SMILES string of the molecule is COc1c(C)c2c(c(NC(=O)CF)c1C/C=C(\C)CCC(=O)OCCN1CCSC1)C(=O)OC2. The van der Waals surface area contributed by atoms with E-state index in [4.69, 9.17) is 14.2 Å². The number of rotatable bonds is 11. The zero-order valence-corrected chi connectivity index (χ0v) is 20.6. The van der Waals surface area contributed by atoms with Crippen molar-refractivity contribution in [3.05, 3.63) is 33.9 Å². The van der Waals surface area contributed by atoms with Crippen LogP contribution in [0.5, 0.6) is 5.75 Å². The average Bonchev–Trinajstić information content (AvgIpc) is 3.48. The number of nitrogens with zero attached hydrogens (tertiary/aromatic N) is 1. The standard InChI is InChI=1S/C24H31FN2O6S/c1-15(5-7-20(29)32-10-8-27-9-11-34-14-27)4-6-17-22(26-19(28)12-25)21-18(13-33-24(21)30)16(2)23(17)31-3/h4H,5-14H2,1-3H3,(H,26,28)/b15-4+. The van der Waals surface area contributed by atoms with E-state index in [0.29, 0.717) is 36.3 Å². The summed E-state index contributed by atoms with van der Waals surface area (Å²) in [5.74, 6) is 0.944. The molecule has 186 valence electrons. The molecule has 1 fully saturated rings. The van der Waals surface area contributed by atoms with Crippen LogP contribution in [-0.2, 0) is 32.1 Å². The predicted octanol–water partition coefficient (Wildman–Crippen LogP) is 3.40. The highest BCUT2D eigenvalue weighted by Gasteiger charge is 2.32. The van der Waals surface area contributed by atoms with Gasteiger partial charge >= 0.3 is 11.9 Å². The van der Waals surface area contributed by atoms with Crippen molar-refractivity contribution in [2.75, 3.05) is 50.4 Å². The number of nitrogens with one attached hydrogen (secondary N) is 1. The Hall–Kier alpha value is -2.59. The van der Waals surface area contributed by atoms with Crippen LogP contribution in [0.15, 0.2) is 11.6 Å². The normalized spacial score (nSPS) is 15.8. The smallest absolute Gasteiger partial charge is 0.341 e. The van der Waals surface area contributed by atoms with Crippen molar-refractivity contribution in [1.29, 1.82) is 0 Å². The van der Waals surface area contributed by atoms with Crippen molar-refractivity contribution in [3.8, 4) is 5.75 Å². The number of esters is 2. The summed E-state index contributed by atoms with van der Waals surface area (Å²) in [5.41, 5.74) is 3.31. The Morgan fingerprint density at radius 1 is 1.32 bits per heavy atom. The number of amides is 1. The quantitative estimate of drug-likeness (QED) is 0.370. The van der Waals surface area contributed by atoms with Crippen molar-refractivity contribution >= 4 is 35.3 Å². The molecule has 1 N–H and O–H groups in total. The average molecular weight is 495 g/mol. The highest BCUT2D eigenvalue weighted by Crippen LogP contribution is 2.41. The third-order valence-electron chi connectivity index (χ3n) is 5.94. The summed E-state index contributed by atoms with van der Waals surface area (Å²) in [7, 11) is 1.50. The molecule has 0 radical (unpaired) electrons. The Bertz CT molecular complexity index is 975. The number of halogens is 1. The second-order valence-corrected chi connectivity index (χ2v) is 9.33. The van der Waals surface area contributed by atoms with E-state index in [0.717, 1.165) is 35.9 Å². The lowest BCUT2D eigenvalue weighted by molar-refractivity contribution is -0.143. The lowest BCUT2D eigenvalue weighted by Crippen LogP contribution is -2.25. The van der Waals surface area contributed by atoms with Gasteiger partial charge in [-0.15, -0.1) is 11.8 Å². The van der Waals surface area contributed by atoms with Crippen LogP contribution in [0.4, 0.5) is 10.1 Å². The number of allylic oxidation sites excluding steroid dienone is 2. The van der Waals surface area contributed by atoms with Crippen LogP contribution in [0.1, 0.15) is 46.8 Å². The monoisotopic (exact) mass is 494 g/mol. The highest BCUT2D eigenvalue weighted by molar-refractivity contribution is 7.99. The van der Waals surface area contributed by atoms with Gasteiger partial charge in [-0.1, -0.05) is 11.6 Å². The number of thioether (sulfide) groups is 1. The summed E-state index contributed by atoms with van der Waals surface area (Å²) < 4.78 is 29.0. The first-order chi connectivity index (χ1) is 16.3. The van der Waals surface area contributed by atoms with Crippen LogP contribution >= 0.6 is 11.8 Å². The molecule has 0 aliphatic carbocycles. The fourth-order valence-corrected chi connectivity index (χ4v) is 5.06. The van der Waals surface area contributed by atoms with E-state index < -0.39 is 18.6 Å². The Morgan fingerprint density at radius 3 is 2.79 bits per heavy atom. The van der Waals surface area contributed by atoms with Gasteiger partial charge in [-0.2, -0.15) is 0 Å². The topological polar surface area (TPSA) is 94.2 Å². The van der Waals surface area contributed by atoms with Crippen molar-refractivity contribution in [1.82, 2.24) is 4.90 Å². The molecule has 1 saturated heterocycles. The fourth-order valence-electron chi connectivity index (χ4n) is 4.03. The van der Waals surface area contributed by atoms with Crippen LogP contribution in [0.3, 0.4) is 0 Å². The minimum atomic E-state index is -1.22. The van der Waals surface area contributed by atoms with Gasteiger partial charge in [-0.25, -0.2) is 9.18 Å². The summed E-state index contributed by atoms with van der Waals surface area (Å²) in [6, 6.07) is 0. The molecular weight excluding hydrogens is 463 g/mol.